The molecule has 5 nitrogen and oxygen atoms in total. The minimum absolute atomic E-state index is 0.0347. The zero-order chi connectivity index (χ0) is 16.8. The molecule has 3 aliphatic rings. The lowest BCUT2D eigenvalue weighted by molar-refractivity contribution is -0.187. The van der Waals surface area contributed by atoms with Gasteiger partial charge in [-0.2, -0.15) is 0 Å². The lowest BCUT2D eigenvalue weighted by Gasteiger charge is -2.61. The molecule has 3 aliphatic carbocycles. The van der Waals surface area contributed by atoms with Crippen LogP contribution in [0.5, 0.6) is 0 Å². The molecule has 2 bridgehead atoms. The van der Waals surface area contributed by atoms with E-state index in [1.165, 1.54) is 18.9 Å². The largest absolute Gasteiger partial charge is 0.472 e. The molecular formula is C18H25NO4. The average Bonchev–Trinajstić information content (AvgIpc) is 3.02. The molecule has 3 fully saturated rings. The van der Waals surface area contributed by atoms with E-state index in [0.29, 0.717) is 28.7 Å². The second kappa shape index (κ2) is 5.69. The van der Waals surface area contributed by atoms with E-state index in [0.717, 1.165) is 6.42 Å². The summed E-state index contributed by atoms with van der Waals surface area (Å²) in [6.07, 6.45) is 4.92. The summed E-state index contributed by atoms with van der Waals surface area (Å²) in [6.45, 7) is 8.45. The first-order valence-corrected chi connectivity index (χ1v) is 8.34. The number of hydrogen-bond donors (Lipinski definition) is 1. The molecule has 0 aliphatic heterocycles. The number of fused-ring (bicyclic) bond motifs is 2. The molecule has 0 unspecified atom stereocenters. The molecule has 0 spiro atoms. The van der Waals surface area contributed by atoms with Crippen molar-refractivity contribution in [3.63, 3.8) is 0 Å². The van der Waals surface area contributed by atoms with Gasteiger partial charge in [-0.3, -0.25) is 4.79 Å². The molecule has 0 radical (unpaired) electrons. The molecule has 0 aromatic carbocycles. The van der Waals surface area contributed by atoms with Crippen molar-refractivity contribution in [1.82, 2.24) is 5.32 Å². The third-order valence-electron chi connectivity index (χ3n) is 6.04. The first-order valence-electron chi connectivity index (χ1n) is 8.34. The van der Waals surface area contributed by atoms with Gasteiger partial charge in [-0.1, -0.05) is 20.8 Å². The van der Waals surface area contributed by atoms with E-state index >= 15 is 0 Å². The van der Waals surface area contributed by atoms with Crippen LogP contribution in [0.3, 0.4) is 0 Å². The van der Waals surface area contributed by atoms with E-state index in [2.05, 4.69) is 26.1 Å². The number of carbonyl (C=O) groups is 2. The lowest BCUT2D eigenvalue weighted by Crippen LogP contribution is -2.58. The maximum atomic E-state index is 12.3. The SMILES string of the molecule is C[C@H]1[C@H](OC(=O)[C@H](C)NC(=O)c2ccoc2)C[C@H]2C[C@@H]1C2(C)C. The van der Waals surface area contributed by atoms with Crippen LogP contribution in [0.2, 0.25) is 0 Å². The third-order valence-corrected chi connectivity index (χ3v) is 6.04. The van der Waals surface area contributed by atoms with E-state index < -0.39 is 6.04 Å². The van der Waals surface area contributed by atoms with E-state index in [9.17, 15) is 9.59 Å². The molecular weight excluding hydrogens is 294 g/mol. The van der Waals surface area contributed by atoms with Crippen molar-refractivity contribution in [3.8, 4) is 0 Å². The number of carbonyl (C=O) groups excluding carboxylic acids is 2. The van der Waals surface area contributed by atoms with Gasteiger partial charge in [-0.15, -0.1) is 0 Å². The Morgan fingerprint density at radius 3 is 2.70 bits per heavy atom. The smallest absolute Gasteiger partial charge is 0.328 e. The summed E-state index contributed by atoms with van der Waals surface area (Å²) in [7, 11) is 0. The maximum absolute atomic E-state index is 12.3. The molecule has 5 atom stereocenters. The second-order valence-corrected chi connectivity index (χ2v) is 7.64. The number of hydrogen-bond acceptors (Lipinski definition) is 4. The van der Waals surface area contributed by atoms with Crippen LogP contribution in [-0.2, 0) is 9.53 Å². The number of esters is 1. The average molecular weight is 319 g/mol. The van der Waals surface area contributed by atoms with Gasteiger partial charge in [-0.25, -0.2) is 4.79 Å². The van der Waals surface area contributed by atoms with Gasteiger partial charge in [0.25, 0.3) is 5.91 Å². The van der Waals surface area contributed by atoms with Crippen molar-refractivity contribution in [3.05, 3.63) is 24.2 Å². The summed E-state index contributed by atoms with van der Waals surface area (Å²) in [5.74, 6) is 0.935. The Morgan fingerprint density at radius 2 is 2.13 bits per heavy atom. The molecule has 126 valence electrons. The summed E-state index contributed by atoms with van der Waals surface area (Å²) < 4.78 is 10.6. The Hall–Kier alpha value is -1.78. The summed E-state index contributed by atoms with van der Waals surface area (Å²) in [4.78, 5) is 24.2. The second-order valence-electron chi connectivity index (χ2n) is 7.64. The quantitative estimate of drug-likeness (QED) is 0.866. The highest BCUT2D eigenvalue weighted by atomic mass is 16.5. The molecule has 1 N–H and O–H groups in total. The van der Waals surface area contributed by atoms with Crippen LogP contribution in [0.4, 0.5) is 0 Å². The molecule has 1 heterocycles. The molecule has 1 aromatic heterocycles. The number of ether oxygens (including phenoxy) is 1. The first kappa shape index (κ1) is 16.1. The molecule has 3 saturated carbocycles. The number of nitrogens with one attached hydrogen (secondary N) is 1. The summed E-state index contributed by atoms with van der Waals surface area (Å²) >= 11 is 0. The monoisotopic (exact) mass is 319 g/mol. The van der Waals surface area contributed by atoms with Gasteiger partial charge < -0.3 is 14.5 Å². The summed E-state index contributed by atoms with van der Waals surface area (Å²) in [6, 6.07) is 0.891. The van der Waals surface area contributed by atoms with Crippen LogP contribution in [-0.4, -0.2) is 24.0 Å². The van der Waals surface area contributed by atoms with Crippen molar-refractivity contribution in [2.24, 2.45) is 23.2 Å². The Balaban J connectivity index is 1.54. The fraction of sp³-hybridized carbons (Fsp3) is 0.667. The summed E-state index contributed by atoms with van der Waals surface area (Å²) in [5, 5.41) is 2.65. The minimum Gasteiger partial charge on any atom is -0.472 e. The van der Waals surface area contributed by atoms with Crippen molar-refractivity contribution in [2.75, 3.05) is 0 Å². The van der Waals surface area contributed by atoms with Gasteiger partial charge in [-0.05, 0) is 49.0 Å². The third kappa shape index (κ3) is 2.77. The number of rotatable bonds is 4. The van der Waals surface area contributed by atoms with Gasteiger partial charge in [0.2, 0.25) is 0 Å². The van der Waals surface area contributed by atoms with E-state index in [1.54, 1.807) is 13.0 Å². The van der Waals surface area contributed by atoms with Crippen LogP contribution >= 0.6 is 0 Å². The normalized spacial score (nSPS) is 32.5. The van der Waals surface area contributed by atoms with Crippen molar-refractivity contribution in [1.29, 1.82) is 0 Å². The van der Waals surface area contributed by atoms with Crippen LogP contribution < -0.4 is 5.32 Å². The maximum Gasteiger partial charge on any atom is 0.328 e. The number of amides is 1. The van der Waals surface area contributed by atoms with Crippen LogP contribution in [0.25, 0.3) is 0 Å². The highest BCUT2D eigenvalue weighted by Crippen LogP contribution is 2.61. The Labute approximate surface area is 136 Å². The molecule has 1 aromatic rings. The molecule has 4 rings (SSSR count). The molecule has 5 heteroatoms. The zero-order valence-corrected chi connectivity index (χ0v) is 14.2. The van der Waals surface area contributed by atoms with Crippen molar-refractivity contribution in [2.45, 2.75) is 52.7 Å². The van der Waals surface area contributed by atoms with E-state index in [1.807, 2.05) is 0 Å². The van der Waals surface area contributed by atoms with E-state index in [-0.39, 0.29) is 18.0 Å². The van der Waals surface area contributed by atoms with Gasteiger partial charge in [0, 0.05) is 0 Å². The van der Waals surface area contributed by atoms with Gasteiger partial charge >= 0.3 is 5.97 Å². The molecule has 0 saturated heterocycles. The standard InChI is InChI=1S/C18H25NO4/c1-10-14-7-13(18(14,3)4)8-15(10)23-17(21)11(2)19-16(20)12-5-6-22-9-12/h5-6,9-11,13-15H,7-8H2,1-4H3,(H,19,20)/t10-,11+,13-,14+,15-/m1/s1. The zero-order valence-electron chi connectivity index (χ0n) is 14.2. The first-order chi connectivity index (χ1) is 10.8. The van der Waals surface area contributed by atoms with Crippen LogP contribution in [0, 0.1) is 23.2 Å². The number of furan rings is 1. The fourth-order valence-corrected chi connectivity index (χ4v) is 4.24. The van der Waals surface area contributed by atoms with Gasteiger partial charge in [0.05, 0.1) is 11.8 Å². The Kier molecular flexibility index (Phi) is 3.98. The topological polar surface area (TPSA) is 68.5 Å². The van der Waals surface area contributed by atoms with Crippen molar-refractivity contribution >= 4 is 11.9 Å². The van der Waals surface area contributed by atoms with Gasteiger partial charge in [0.15, 0.2) is 0 Å². The van der Waals surface area contributed by atoms with Crippen LogP contribution in [0.1, 0.15) is 50.9 Å². The molecule has 1 amide bonds. The van der Waals surface area contributed by atoms with Crippen molar-refractivity contribution < 1.29 is 18.7 Å². The van der Waals surface area contributed by atoms with E-state index in [4.69, 9.17) is 9.15 Å². The lowest BCUT2D eigenvalue weighted by atomic mass is 9.45. The summed E-state index contributed by atoms with van der Waals surface area (Å²) in [5.41, 5.74) is 0.766. The highest BCUT2D eigenvalue weighted by molar-refractivity contribution is 5.96. The predicted molar refractivity (Wildman–Crippen MR) is 84.7 cm³/mol. The highest BCUT2D eigenvalue weighted by Gasteiger charge is 2.57. The Bertz CT molecular complexity index is 592. The predicted octanol–water partition coefficient (Wildman–Crippen LogP) is 3.01. The van der Waals surface area contributed by atoms with Crippen LogP contribution in [0.15, 0.2) is 23.0 Å². The molecule has 23 heavy (non-hydrogen) atoms. The Morgan fingerprint density at radius 1 is 1.39 bits per heavy atom. The van der Waals surface area contributed by atoms with Gasteiger partial charge in [0.1, 0.15) is 18.4 Å². The fourth-order valence-electron chi connectivity index (χ4n) is 4.24. The minimum atomic E-state index is -0.670.